The Balaban J connectivity index is 1.78. The Kier molecular flexibility index (Phi) is 4.72. The summed E-state index contributed by atoms with van der Waals surface area (Å²) in [6, 6.07) is 19.7. The van der Waals surface area contributed by atoms with E-state index in [0.717, 1.165) is 33.1 Å². The molecule has 0 unspecified atom stereocenters. The highest BCUT2D eigenvalue weighted by atomic mass is 31.2. The van der Waals surface area contributed by atoms with Crippen molar-refractivity contribution in [2.45, 2.75) is 0 Å². The van der Waals surface area contributed by atoms with Crippen LogP contribution < -0.4 is 0 Å². The van der Waals surface area contributed by atoms with Gasteiger partial charge in [-0.3, -0.25) is 14.7 Å². The summed E-state index contributed by atoms with van der Waals surface area (Å²) in [6.07, 6.45) is 1.30. The summed E-state index contributed by atoms with van der Waals surface area (Å²) in [4.78, 5) is 32.9. The first kappa shape index (κ1) is 19.0. The second-order valence-electron chi connectivity index (χ2n) is 6.52. The Bertz CT molecular complexity index is 1340. The van der Waals surface area contributed by atoms with E-state index >= 15 is 0 Å². The van der Waals surface area contributed by atoms with Gasteiger partial charge in [-0.05, 0) is 52.2 Å². The molecule has 1 heterocycles. The zero-order valence-corrected chi connectivity index (χ0v) is 15.9. The number of fused-ring (bicyclic) bond motifs is 2. The minimum Gasteiger partial charge on any atom is -0.321 e. The van der Waals surface area contributed by atoms with E-state index in [-0.39, 0.29) is 5.69 Å². The van der Waals surface area contributed by atoms with Crippen LogP contribution in [-0.2, 0) is 4.57 Å². The molecule has 4 rings (SSSR count). The number of hydrogen-bond acceptors (Lipinski definition) is 4. The molecule has 0 saturated carbocycles. The van der Waals surface area contributed by atoms with Gasteiger partial charge >= 0.3 is 7.60 Å². The van der Waals surface area contributed by atoms with Crippen LogP contribution in [0, 0.1) is 10.1 Å². The molecular formula is C21H15N2O5P. The van der Waals surface area contributed by atoms with Crippen molar-refractivity contribution in [2.75, 3.05) is 0 Å². The van der Waals surface area contributed by atoms with Crippen molar-refractivity contribution in [3.63, 3.8) is 0 Å². The number of aromatic nitrogens is 1. The fourth-order valence-corrected chi connectivity index (χ4v) is 3.56. The number of nitrogens with zero attached hydrogens (tertiary/aromatic N) is 2. The molecule has 4 aromatic rings. The predicted octanol–water partition coefficient (Wildman–Crippen LogP) is 5.11. The lowest BCUT2D eigenvalue weighted by Gasteiger charge is -2.08. The van der Waals surface area contributed by atoms with Gasteiger partial charge in [-0.2, -0.15) is 0 Å². The first-order valence-electron chi connectivity index (χ1n) is 8.63. The van der Waals surface area contributed by atoms with Gasteiger partial charge in [-0.25, -0.2) is 4.98 Å². The largest absolute Gasteiger partial charge is 0.349 e. The molecule has 0 amide bonds. The minimum absolute atomic E-state index is 0.0493. The molecule has 0 aliphatic rings. The zero-order chi connectivity index (χ0) is 20.6. The normalized spacial score (nSPS) is 12.1. The van der Waals surface area contributed by atoms with Gasteiger partial charge in [0.2, 0.25) is 0 Å². The van der Waals surface area contributed by atoms with Gasteiger partial charge in [0.1, 0.15) is 0 Å². The molecule has 2 N–H and O–H groups in total. The van der Waals surface area contributed by atoms with Gasteiger partial charge in [0.05, 0.1) is 16.1 Å². The quantitative estimate of drug-likeness (QED) is 0.277. The number of benzene rings is 3. The van der Waals surface area contributed by atoms with Crippen molar-refractivity contribution in [1.29, 1.82) is 0 Å². The second kappa shape index (κ2) is 7.22. The number of non-ortho nitro benzene ring substituents is 1. The number of nitro benzene ring substituents is 1. The summed E-state index contributed by atoms with van der Waals surface area (Å²) < 4.78 is 11.0. The Hall–Kier alpha value is -3.38. The molecule has 0 fully saturated rings. The van der Waals surface area contributed by atoms with Crippen LogP contribution in [0.2, 0.25) is 0 Å². The van der Waals surface area contributed by atoms with E-state index in [2.05, 4.69) is 4.98 Å². The molecule has 0 radical (unpaired) electrons. The molecule has 0 spiro atoms. The fourth-order valence-electron chi connectivity index (χ4n) is 3.21. The van der Waals surface area contributed by atoms with Gasteiger partial charge in [0.25, 0.3) is 5.69 Å². The van der Waals surface area contributed by atoms with E-state index in [4.69, 9.17) is 9.79 Å². The van der Waals surface area contributed by atoms with Crippen molar-refractivity contribution < 1.29 is 19.3 Å². The van der Waals surface area contributed by atoms with Gasteiger partial charge in [0, 0.05) is 23.3 Å². The van der Waals surface area contributed by atoms with Crippen LogP contribution in [0.25, 0.3) is 38.9 Å². The van der Waals surface area contributed by atoms with Crippen molar-refractivity contribution in [1.82, 2.24) is 4.98 Å². The second-order valence-corrected chi connectivity index (χ2v) is 7.99. The van der Waals surface area contributed by atoms with Crippen LogP contribution in [0.5, 0.6) is 0 Å². The smallest absolute Gasteiger partial charge is 0.321 e. The Morgan fingerprint density at radius 3 is 2.55 bits per heavy atom. The van der Waals surface area contributed by atoms with Gasteiger partial charge in [-0.15, -0.1) is 0 Å². The lowest BCUT2D eigenvalue weighted by molar-refractivity contribution is -0.384. The van der Waals surface area contributed by atoms with Crippen LogP contribution in [0.3, 0.4) is 0 Å². The number of nitro groups is 1. The summed E-state index contributed by atoms with van der Waals surface area (Å²) in [5, 5.41) is 13.6. The maximum absolute atomic E-state index is 11.0. The minimum atomic E-state index is -4.24. The van der Waals surface area contributed by atoms with Crippen LogP contribution in [0.4, 0.5) is 5.69 Å². The first-order valence-corrected chi connectivity index (χ1v) is 10.3. The lowest BCUT2D eigenvalue weighted by atomic mass is 9.97. The maximum atomic E-state index is 11.0. The van der Waals surface area contributed by atoms with Gasteiger partial charge in [0.15, 0.2) is 0 Å². The van der Waals surface area contributed by atoms with Crippen LogP contribution >= 0.6 is 7.60 Å². The third-order valence-corrected chi connectivity index (χ3v) is 5.07. The number of pyridine rings is 1. The summed E-state index contributed by atoms with van der Waals surface area (Å²) in [6.45, 7) is 0. The maximum Gasteiger partial charge on any atom is 0.349 e. The molecule has 29 heavy (non-hydrogen) atoms. The number of rotatable bonds is 4. The SMILES string of the molecule is O=[N+]([O-])c1ccc2c(-c3ccc4nc(/C=C/P(=O)(O)O)ccc4c3)cccc2c1. The van der Waals surface area contributed by atoms with Crippen molar-refractivity contribution in [3.8, 4) is 11.1 Å². The van der Waals surface area contributed by atoms with E-state index in [0.29, 0.717) is 11.2 Å². The number of hydrogen-bond donors (Lipinski definition) is 2. The van der Waals surface area contributed by atoms with E-state index in [1.807, 2.05) is 42.5 Å². The predicted molar refractivity (Wildman–Crippen MR) is 112 cm³/mol. The molecule has 0 atom stereocenters. The molecule has 1 aromatic heterocycles. The van der Waals surface area contributed by atoms with Crippen molar-refractivity contribution in [2.24, 2.45) is 0 Å². The van der Waals surface area contributed by atoms with E-state index in [1.165, 1.54) is 12.1 Å². The van der Waals surface area contributed by atoms with Crippen molar-refractivity contribution in [3.05, 3.63) is 88.4 Å². The average molecular weight is 406 g/mol. The first-order chi connectivity index (χ1) is 13.8. The lowest BCUT2D eigenvalue weighted by Crippen LogP contribution is -1.89. The molecule has 0 aliphatic heterocycles. The summed E-state index contributed by atoms with van der Waals surface area (Å²) >= 11 is 0. The highest BCUT2D eigenvalue weighted by Crippen LogP contribution is 2.37. The van der Waals surface area contributed by atoms with Gasteiger partial charge in [-0.1, -0.05) is 30.3 Å². The van der Waals surface area contributed by atoms with Crippen LogP contribution in [-0.4, -0.2) is 19.7 Å². The molecule has 7 nitrogen and oxygen atoms in total. The molecule has 144 valence electrons. The Morgan fingerprint density at radius 2 is 1.79 bits per heavy atom. The zero-order valence-electron chi connectivity index (χ0n) is 15.0. The molecular weight excluding hydrogens is 391 g/mol. The molecule has 3 aromatic carbocycles. The molecule has 0 saturated heterocycles. The summed E-state index contributed by atoms with van der Waals surface area (Å²) in [5.41, 5.74) is 3.08. The third kappa shape index (κ3) is 4.07. The summed E-state index contributed by atoms with van der Waals surface area (Å²) in [7, 11) is -4.24. The molecule has 8 heteroatoms. The van der Waals surface area contributed by atoms with Crippen molar-refractivity contribution >= 4 is 41.0 Å². The average Bonchev–Trinajstić information content (AvgIpc) is 2.70. The van der Waals surface area contributed by atoms with E-state index in [9.17, 15) is 14.7 Å². The van der Waals surface area contributed by atoms with E-state index in [1.54, 1.807) is 18.2 Å². The Labute approximate surface area is 165 Å². The standard InChI is InChI=1S/C21H15N2O5P/c24-23(25)18-7-8-20-14(13-18)2-1-3-19(20)15-5-9-21-16(12-15)4-6-17(22-21)10-11-29(26,27)28/h1-13H,(H2,26,27,28)/b11-10+. The fraction of sp³-hybridized carbons (Fsp3) is 0. The monoisotopic (exact) mass is 406 g/mol. The summed E-state index contributed by atoms with van der Waals surface area (Å²) in [5.74, 6) is 0.824. The van der Waals surface area contributed by atoms with Gasteiger partial charge < -0.3 is 9.79 Å². The topological polar surface area (TPSA) is 114 Å². The molecule has 0 aliphatic carbocycles. The third-order valence-electron chi connectivity index (χ3n) is 4.54. The highest BCUT2D eigenvalue weighted by molar-refractivity contribution is 7.55. The van der Waals surface area contributed by atoms with Crippen LogP contribution in [0.15, 0.2) is 72.5 Å². The van der Waals surface area contributed by atoms with Crippen LogP contribution in [0.1, 0.15) is 5.69 Å². The highest BCUT2D eigenvalue weighted by Gasteiger charge is 2.10. The Morgan fingerprint density at radius 1 is 0.966 bits per heavy atom. The van der Waals surface area contributed by atoms with E-state index < -0.39 is 12.5 Å². The molecule has 0 bridgehead atoms.